The summed E-state index contributed by atoms with van der Waals surface area (Å²) in [7, 11) is 0. The zero-order valence-electron chi connectivity index (χ0n) is 7.76. The van der Waals surface area contributed by atoms with Crippen molar-refractivity contribution < 1.29 is 0 Å². The van der Waals surface area contributed by atoms with Crippen LogP contribution >= 0.6 is 0 Å². The summed E-state index contributed by atoms with van der Waals surface area (Å²) < 4.78 is 0. The molecule has 0 spiro atoms. The summed E-state index contributed by atoms with van der Waals surface area (Å²) in [5.74, 6) is 0. The smallest absolute Gasteiger partial charge is 0.113 e. The van der Waals surface area contributed by atoms with Crippen LogP contribution in [0.25, 0.3) is 0 Å². The van der Waals surface area contributed by atoms with E-state index in [0.717, 1.165) is 6.54 Å². The van der Waals surface area contributed by atoms with Crippen molar-refractivity contribution in [2.24, 2.45) is 10.5 Å². The van der Waals surface area contributed by atoms with Crippen LogP contribution in [0.15, 0.2) is 5.10 Å². The van der Waals surface area contributed by atoms with Crippen LogP contribution in [0.2, 0.25) is 0 Å². The zero-order chi connectivity index (χ0) is 8.48. The molecule has 1 unspecified atom stereocenters. The first-order valence-electron chi connectivity index (χ1n) is 4.03. The minimum Gasteiger partial charge on any atom is -0.339 e. The average molecular weight is 155 g/mol. The molecule has 0 radical (unpaired) electrons. The van der Waals surface area contributed by atoms with Gasteiger partial charge in [-0.1, -0.05) is 20.8 Å². The molecule has 1 rings (SSSR count). The Bertz CT molecular complexity index is 157. The van der Waals surface area contributed by atoms with Crippen LogP contribution < -0.4 is 5.43 Å². The highest BCUT2D eigenvalue weighted by Crippen LogP contribution is 2.16. The third-order valence-electron chi connectivity index (χ3n) is 1.62. The fourth-order valence-corrected chi connectivity index (χ4v) is 1.11. The molecule has 0 aliphatic carbocycles. The quantitative estimate of drug-likeness (QED) is 0.616. The SMILES string of the molecule is CC1NN=CN1CC(C)(C)C. The van der Waals surface area contributed by atoms with E-state index in [4.69, 9.17) is 0 Å². The fraction of sp³-hybridized carbons (Fsp3) is 0.875. The lowest BCUT2D eigenvalue weighted by Crippen LogP contribution is -2.39. The van der Waals surface area contributed by atoms with Gasteiger partial charge in [0.1, 0.15) is 12.5 Å². The molecule has 0 aromatic carbocycles. The summed E-state index contributed by atoms with van der Waals surface area (Å²) in [6.45, 7) is 9.84. The van der Waals surface area contributed by atoms with Crippen LogP contribution in [0, 0.1) is 5.41 Å². The summed E-state index contributed by atoms with van der Waals surface area (Å²) in [5, 5.41) is 3.98. The number of hydrogen-bond donors (Lipinski definition) is 1. The lowest BCUT2D eigenvalue weighted by atomic mass is 9.96. The largest absolute Gasteiger partial charge is 0.339 e. The Hall–Kier alpha value is -0.730. The second-order valence-corrected chi connectivity index (χ2v) is 4.28. The summed E-state index contributed by atoms with van der Waals surface area (Å²) >= 11 is 0. The standard InChI is InChI=1S/C8H17N3/c1-7-10-9-6-11(7)5-8(2,3)4/h6-7,10H,5H2,1-4H3. The van der Waals surface area contributed by atoms with E-state index in [2.05, 4.69) is 43.1 Å². The van der Waals surface area contributed by atoms with Gasteiger partial charge < -0.3 is 4.90 Å². The van der Waals surface area contributed by atoms with E-state index >= 15 is 0 Å². The van der Waals surface area contributed by atoms with Crippen LogP contribution in [0.3, 0.4) is 0 Å². The summed E-state index contributed by atoms with van der Waals surface area (Å²) in [6, 6.07) is 0. The molecular weight excluding hydrogens is 138 g/mol. The second kappa shape index (κ2) is 2.72. The molecule has 1 heterocycles. The van der Waals surface area contributed by atoms with Crippen LogP contribution in [0.1, 0.15) is 27.7 Å². The van der Waals surface area contributed by atoms with E-state index in [1.54, 1.807) is 0 Å². The zero-order valence-corrected chi connectivity index (χ0v) is 7.76. The molecule has 1 atom stereocenters. The lowest BCUT2D eigenvalue weighted by Gasteiger charge is -2.28. The van der Waals surface area contributed by atoms with Gasteiger partial charge in [0.2, 0.25) is 0 Å². The Morgan fingerprint density at radius 2 is 2.18 bits per heavy atom. The number of rotatable bonds is 1. The first-order valence-corrected chi connectivity index (χ1v) is 4.03. The molecule has 0 amide bonds. The minimum absolute atomic E-state index is 0.340. The van der Waals surface area contributed by atoms with Crippen molar-refractivity contribution >= 4 is 6.34 Å². The maximum atomic E-state index is 3.98. The third-order valence-corrected chi connectivity index (χ3v) is 1.62. The average Bonchev–Trinajstić information content (AvgIpc) is 2.12. The molecule has 1 N–H and O–H groups in total. The van der Waals surface area contributed by atoms with Crippen LogP contribution in [-0.2, 0) is 0 Å². The first kappa shape index (κ1) is 8.37. The molecular formula is C8H17N3. The molecule has 1 aliphatic heterocycles. The highest BCUT2D eigenvalue weighted by molar-refractivity contribution is 5.56. The molecule has 0 fully saturated rings. The van der Waals surface area contributed by atoms with Gasteiger partial charge in [0.05, 0.1) is 0 Å². The molecule has 1 aliphatic rings. The number of hydrazone groups is 1. The Balaban J connectivity index is 2.43. The molecule has 0 bridgehead atoms. The van der Waals surface area contributed by atoms with Crippen molar-refractivity contribution in [3.05, 3.63) is 0 Å². The van der Waals surface area contributed by atoms with Crippen LogP contribution in [0.4, 0.5) is 0 Å². The highest BCUT2D eigenvalue weighted by atomic mass is 15.5. The maximum absolute atomic E-state index is 3.98. The van der Waals surface area contributed by atoms with Crippen molar-refractivity contribution in [2.45, 2.75) is 33.9 Å². The van der Waals surface area contributed by atoms with E-state index < -0.39 is 0 Å². The monoisotopic (exact) mass is 155 g/mol. The van der Waals surface area contributed by atoms with Crippen molar-refractivity contribution in [1.29, 1.82) is 0 Å². The van der Waals surface area contributed by atoms with E-state index in [0.29, 0.717) is 11.6 Å². The molecule has 0 saturated carbocycles. The van der Waals surface area contributed by atoms with Gasteiger partial charge in [-0.25, -0.2) is 0 Å². The summed E-state index contributed by atoms with van der Waals surface area (Å²) in [5.41, 5.74) is 3.33. The van der Waals surface area contributed by atoms with Crippen LogP contribution in [0.5, 0.6) is 0 Å². The number of nitrogens with one attached hydrogen (secondary N) is 1. The minimum atomic E-state index is 0.340. The Labute approximate surface area is 68.5 Å². The summed E-state index contributed by atoms with van der Waals surface area (Å²) in [6.07, 6.45) is 2.23. The molecule has 3 heteroatoms. The van der Waals surface area contributed by atoms with E-state index in [9.17, 15) is 0 Å². The molecule has 64 valence electrons. The summed E-state index contributed by atoms with van der Waals surface area (Å²) in [4.78, 5) is 2.21. The third kappa shape index (κ3) is 2.41. The Morgan fingerprint density at radius 3 is 2.55 bits per heavy atom. The van der Waals surface area contributed by atoms with Gasteiger partial charge in [-0.05, 0) is 12.3 Å². The molecule has 11 heavy (non-hydrogen) atoms. The second-order valence-electron chi connectivity index (χ2n) is 4.28. The normalized spacial score (nSPS) is 24.0. The van der Waals surface area contributed by atoms with Gasteiger partial charge in [0.15, 0.2) is 0 Å². The van der Waals surface area contributed by atoms with Crippen molar-refractivity contribution in [1.82, 2.24) is 10.3 Å². The van der Waals surface area contributed by atoms with E-state index in [1.165, 1.54) is 0 Å². The van der Waals surface area contributed by atoms with Gasteiger partial charge in [-0.3, -0.25) is 5.43 Å². The van der Waals surface area contributed by atoms with E-state index in [-0.39, 0.29) is 0 Å². The maximum Gasteiger partial charge on any atom is 0.113 e. The van der Waals surface area contributed by atoms with Gasteiger partial charge in [-0.15, -0.1) is 0 Å². The number of nitrogens with zero attached hydrogens (tertiary/aromatic N) is 2. The van der Waals surface area contributed by atoms with Crippen molar-refractivity contribution in [3.8, 4) is 0 Å². The van der Waals surface area contributed by atoms with Crippen molar-refractivity contribution in [2.75, 3.05) is 6.54 Å². The molecule has 0 saturated heterocycles. The fourth-order valence-electron chi connectivity index (χ4n) is 1.11. The van der Waals surface area contributed by atoms with Gasteiger partial charge in [0.25, 0.3) is 0 Å². The van der Waals surface area contributed by atoms with Crippen LogP contribution in [-0.4, -0.2) is 23.9 Å². The Morgan fingerprint density at radius 1 is 1.55 bits per heavy atom. The molecule has 0 aromatic heterocycles. The molecule has 0 aromatic rings. The Kier molecular flexibility index (Phi) is 2.07. The topological polar surface area (TPSA) is 27.6 Å². The molecule has 3 nitrogen and oxygen atoms in total. The van der Waals surface area contributed by atoms with Gasteiger partial charge >= 0.3 is 0 Å². The lowest BCUT2D eigenvalue weighted by molar-refractivity contribution is 0.234. The van der Waals surface area contributed by atoms with E-state index in [1.807, 2.05) is 6.34 Å². The van der Waals surface area contributed by atoms with Gasteiger partial charge in [0, 0.05) is 6.54 Å². The highest BCUT2D eigenvalue weighted by Gasteiger charge is 2.20. The predicted molar refractivity (Wildman–Crippen MR) is 47.3 cm³/mol. The van der Waals surface area contributed by atoms with Crippen molar-refractivity contribution in [3.63, 3.8) is 0 Å². The van der Waals surface area contributed by atoms with Gasteiger partial charge in [-0.2, -0.15) is 5.10 Å². The predicted octanol–water partition coefficient (Wildman–Crippen LogP) is 1.23. The first-order chi connectivity index (χ1) is 4.99. The number of hydrogen-bond acceptors (Lipinski definition) is 3.